The summed E-state index contributed by atoms with van der Waals surface area (Å²) in [6.07, 6.45) is 12.0. The first-order valence-electron chi connectivity index (χ1n) is 10.7. The molecule has 1 unspecified atom stereocenters. The summed E-state index contributed by atoms with van der Waals surface area (Å²) in [5.74, 6) is 4.13. The van der Waals surface area contributed by atoms with Crippen LogP contribution in [0.15, 0.2) is 24.3 Å². The van der Waals surface area contributed by atoms with Gasteiger partial charge < -0.3 is 0 Å². The van der Waals surface area contributed by atoms with Crippen molar-refractivity contribution in [2.24, 2.45) is 29.1 Å². The number of halogens is 1. The molecule has 4 saturated carbocycles. The van der Waals surface area contributed by atoms with Crippen LogP contribution in [0.5, 0.6) is 0 Å². The van der Waals surface area contributed by atoms with Gasteiger partial charge in [-0.3, -0.25) is 4.39 Å². The van der Waals surface area contributed by atoms with Crippen molar-refractivity contribution in [3.63, 3.8) is 0 Å². The van der Waals surface area contributed by atoms with E-state index in [0.717, 1.165) is 30.6 Å². The molecule has 4 aliphatic carbocycles. The summed E-state index contributed by atoms with van der Waals surface area (Å²) in [7, 11) is 0. The molecule has 1 aromatic carbocycles. The first-order chi connectivity index (χ1) is 12.0. The van der Waals surface area contributed by atoms with Crippen LogP contribution in [0.25, 0.3) is 0 Å². The molecule has 25 heavy (non-hydrogen) atoms. The Morgan fingerprint density at radius 1 is 0.960 bits per heavy atom. The molecule has 0 N–H and O–H groups in total. The van der Waals surface area contributed by atoms with Gasteiger partial charge in [0.05, 0.1) is 6.67 Å². The van der Waals surface area contributed by atoms with Crippen LogP contribution in [0.4, 0.5) is 4.39 Å². The smallest absolute Gasteiger partial charge is 0.0897 e. The van der Waals surface area contributed by atoms with Gasteiger partial charge in [-0.05, 0) is 104 Å². The maximum Gasteiger partial charge on any atom is 0.0897 e. The van der Waals surface area contributed by atoms with Gasteiger partial charge in [0.2, 0.25) is 0 Å². The summed E-state index contributed by atoms with van der Waals surface area (Å²) >= 11 is 0. The topological polar surface area (TPSA) is 0 Å². The van der Waals surface area contributed by atoms with E-state index >= 15 is 0 Å². The SMILES string of the molecule is CC(C)c1ccc(CC(CCF)CC23CC4CC(CC(C4)C2)C3)cc1. The molecule has 4 fully saturated rings. The number of hydrogen-bond donors (Lipinski definition) is 0. The Morgan fingerprint density at radius 2 is 1.52 bits per heavy atom. The monoisotopic (exact) mass is 342 g/mol. The average Bonchev–Trinajstić information content (AvgIpc) is 2.54. The van der Waals surface area contributed by atoms with Gasteiger partial charge in [0.25, 0.3) is 0 Å². The van der Waals surface area contributed by atoms with Gasteiger partial charge in [0.15, 0.2) is 0 Å². The minimum atomic E-state index is -0.152. The van der Waals surface area contributed by atoms with E-state index in [1.165, 1.54) is 56.1 Å². The fourth-order valence-electron chi connectivity index (χ4n) is 6.95. The zero-order chi connectivity index (χ0) is 17.4. The van der Waals surface area contributed by atoms with Gasteiger partial charge in [0.1, 0.15) is 0 Å². The van der Waals surface area contributed by atoms with Crippen molar-refractivity contribution in [1.29, 1.82) is 0 Å². The number of hydrogen-bond acceptors (Lipinski definition) is 0. The molecule has 0 saturated heterocycles. The molecule has 1 heteroatoms. The quantitative estimate of drug-likeness (QED) is 0.503. The summed E-state index contributed by atoms with van der Waals surface area (Å²) in [5.41, 5.74) is 3.39. The van der Waals surface area contributed by atoms with E-state index in [-0.39, 0.29) is 6.67 Å². The highest BCUT2D eigenvalue weighted by Crippen LogP contribution is 2.62. The third-order valence-electron chi connectivity index (χ3n) is 7.57. The largest absolute Gasteiger partial charge is 0.251 e. The van der Waals surface area contributed by atoms with Crippen LogP contribution in [0.3, 0.4) is 0 Å². The molecular weight excluding hydrogens is 307 g/mol. The average molecular weight is 343 g/mol. The maximum atomic E-state index is 13.3. The molecule has 0 spiro atoms. The molecule has 1 aromatic rings. The second-order valence-corrected chi connectivity index (χ2v) is 10.1. The van der Waals surface area contributed by atoms with Crippen LogP contribution in [-0.4, -0.2) is 6.67 Å². The van der Waals surface area contributed by atoms with E-state index in [9.17, 15) is 4.39 Å². The van der Waals surface area contributed by atoms with Crippen molar-refractivity contribution < 1.29 is 4.39 Å². The van der Waals surface area contributed by atoms with Gasteiger partial charge in [-0.2, -0.15) is 0 Å². The molecule has 4 bridgehead atoms. The van der Waals surface area contributed by atoms with Gasteiger partial charge in [0, 0.05) is 0 Å². The fourth-order valence-corrected chi connectivity index (χ4v) is 6.95. The lowest BCUT2D eigenvalue weighted by Gasteiger charge is -2.57. The molecule has 138 valence electrons. The van der Waals surface area contributed by atoms with E-state index in [0.29, 0.717) is 17.3 Å². The Bertz CT molecular complexity index is 535. The van der Waals surface area contributed by atoms with E-state index < -0.39 is 0 Å². The summed E-state index contributed by atoms with van der Waals surface area (Å²) in [5, 5.41) is 0. The molecule has 0 amide bonds. The summed E-state index contributed by atoms with van der Waals surface area (Å²) in [6.45, 7) is 4.34. The molecule has 0 radical (unpaired) electrons. The predicted octanol–water partition coefficient (Wildman–Crippen LogP) is 6.93. The molecule has 5 rings (SSSR count). The van der Waals surface area contributed by atoms with E-state index in [2.05, 4.69) is 38.1 Å². The predicted molar refractivity (Wildman–Crippen MR) is 104 cm³/mol. The molecule has 0 aliphatic heterocycles. The van der Waals surface area contributed by atoms with Crippen molar-refractivity contribution in [2.75, 3.05) is 6.67 Å². The molecule has 0 nitrogen and oxygen atoms in total. The van der Waals surface area contributed by atoms with Crippen molar-refractivity contribution in [1.82, 2.24) is 0 Å². The van der Waals surface area contributed by atoms with Crippen LogP contribution in [0.2, 0.25) is 0 Å². The highest BCUT2D eigenvalue weighted by atomic mass is 19.1. The lowest BCUT2D eigenvalue weighted by Crippen LogP contribution is -2.46. The lowest BCUT2D eigenvalue weighted by molar-refractivity contribution is -0.0661. The maximum absolute atomic E-state index is 13.3. The fraction of sp³-hybridized carbons (Fsp3) is 0.750. The highest BCUT2D eigenvalue weighted by Gasteiger charge is 2.51. The zero-order valence-electron chi connectivity index (χ0n) is 16.1. The van der Waals surface area contributed by atoms with Crippen molar-refractivity contribution >= 4 is 0 Å². The standard InChI is InChI=1S/C24H35F/c1-17(2)23-5-3-18(4-6-23)9-19(7-8-25)13-24-14-20-10-21(15-24)12-22(11-20)16-24/h3-6,17,19-22H,7-16H2,1-2H3. The normalized spacial score (nSPS) is 34.6. The highest BCUT2D eigenvalue weighted by molar-refractivity contribution is 5.25. The first kappa shape index (κ1) is 17.6. The Hall–Kier alpha value is -0.850. The minimum Gasteiger partial charge on any atom is -0.251 e. The second-order valence-electron chi connectivity index (χ2n) is 10.1. The molecule has 1 atom stereocenters. The number of rotatable bonds is 7. The molecule has 0 heterocycles. The summed E-state index contributed by atoms with van der Waals surface area (Å²) in [6, 6.07) is 9.13. The van der Waals surface area contributed by atoms with Crippen molar-refractivity contribution in [3.05, 3.63) is 35.4 Å². The van der Waals surface area contributed by atoms with Gasteiger partial charge >= 0.3 is 0 Å². The first-order valence-corrected chi connectivity index (χ1v) is 10.7. The summed E-state index contributed by atoms with van der Waals surface area (Å²) in [4.78, 5) is 0. The Kier molecular flexibility index (Phi) is 4.95. The third-order valence-corrected chi connectivity index (χ3v) is 7.57. The van der Waals surface area contributed by atoms with Crippen LogP contribution in [-0.2, 0) is 6.42 Å². The van der Waals surface area contributed by atoms with Gasteiger partial charge in [-0.25, -0.2) is 0 Å². The van der Waals surface area contributed by atoms with Crippen LogP contribution in [0.1, 0.15) is 82.3 Å². The number of alkyl halides is 1. The van der Waals surface area contributed by atoms with Crippen molar-refractivity contribution in [2.45, 2.75) is 77.6 Å². The van der Waals surface area contributed by atoms with E-state index in [4.69, 9.17) is 0 Å². The third kappa shape index (κ3) is 3.81. The molecular formula is C24H35F. The zero-order valence-corrected chi connectivity index (χ0v) is 16.1. The molecule has 0 aromatic heterocycles. The number of benzene rings is 1. The Balaban J connectivity index is 1.44. The lowest BCUT2D eigenvalue weighted by atomic mass is 9.48. The van der Waals surface area contributed by atoms with Crippen LogP contribution < -0.4 is 0 Å². The second kappa shape index (κ2) is 7.05. The minimum absolute atomic E-state index is 0.152. The Morgan fingerprint density at radius 3 is 2.00 bits per heavy atom. The Labute approximate surface area is 153 Å². The van der Waals surface area contributed by atoms with E-state index in [1.807, 2.05) is 0 Å². The van der Waals surface area contributed by atoms with Gasteiger partial charge in [-0.15, -0.1) is 0 Å². The summed E-state index contributed by atoms with van der Waals surface area (Å²) < 4.78 is 13.3. The van der Waals surface area contributed by atoms with Crippen LogP contribution >= 0.6 is 0 Å². The molecule has 4 aliphatic rings. The van der Waals surface area contributed by atoms with Crippen LogP contribution in [0, 0.1) is 29.1 Å². The van der Waals surface area contributed by atoms with Gasteiger partial charge in [-0.1, -0.05) is 38.1 Å². The van der Waals surface area contributed by atoms with Crippen molar-refractivity contribution in [3.8, 4) is 0 Å². The van der Waals surface area contributed by atoms with E-state index in [1.54, 1.807) is 0 Å².